The number of carbonyl (C=O) groups excluding carboxylic acids is 1. The van der Waals surface area contributed by atoms with E-state index in [1.165, 1.54) is 0 Å². The van der Waals surface area contributed by atoms with Crippen molar-refractivity contribution in [1.29, 1.82) is 0 Å². The van der Waals surface area contributed by atoms with Gasteiger partial charge in [0, 0.05) is 17.3 Å². The highest BCUT2D eigenvalue weighted by Crippen LogP contribution is 2.24. The first-order chi connectivity index (χ1) is 7.19. The van der Waals surface area contributed by atoms with Crippen LogP contribution in [0.15, 0.2) is 12.1 Å². The van der Waals surface area contributed by atoms with Gasteiger partial charge in [-0.1, -0.05) is 0 Å². The number of methoxy groups -OCH3 is 1. The number of nitrogens with one attached hydrogen (secondary N) is 1. The second kappa shape index (κ2) is 3.76. The zero-order valence-electron chi connectivity index (χ0n) is 8.61. The Morgan fingerprint density at radius 1 is 1.60 bits per heavy atom. The average Bonchev–Trinajstić information content (AvgIpc) is 2.64. The first kappa shape index (κ1) is 9.76. The van der Waals surface area contributed by atoms with Crippen molar-refractivity contribution >= 4 is 6.09 Å². The first-order valence-corrected chi connectivity index (χ1v) is 4.66. The van der Waals surface area contributed by atoms with Gasteiger partial charge in [0.2, 0.25) is 5.88 Å². The summed E-state index contributed by atoms with van der Waals surface area (Å²) in [7, 11) is 1.56. The Morgan fingerprint density at radius 2 is 2.40 bits per heavy atom. The molecule has 2 rings (SSSR count). The second-order valence-corrected chi connectivity index (χ2v) is 3.36. The van der Waals surface area contributed by atoms with Crippen molar-refractivity contribution in [2.24, 2.45) is 0 Å². The quantitative estimate of drug-likeness (QED) is 0.792. The van der Waals surface area contributed by atoms with E-state index in [9.17, 15) is 4.79 Å². The fraction of sp³-hybridized carbons (Fsp3) is 0.400. The van der Waals surface area contributed by atoms with Gasteiger partial charge in [-0.05, 0) is 13.0 Å². The predicted molar refractivity (Wildman–Crippen MR) is 52.8 cm³/mol. The van der Waals surface area contributed by atoms with Crippen molar-refractivity contribution in [2.45, 2.75) is 13.0 Å². The van der Waals surface area contributed by atoms with Crippen LogP contribution in [0.4, 0.5) is 4.79 Å². The van der Waals surface area contributed by atoms with E-state index in [2.05, 4.69) is 10.3 Å². The Bertz CT molecular complexity index is 392. The summed E-state index contributed by atoms with van der Waals surface area (Å²) in [5.74, 6) is 0.535. The maximum Gasteiger partial charge on any atom is 0.407 e. The van der Waals surface area contributed by atoms with Crippen LogP contribution in [-0.4, -0.2) is 24.7 Å². The third-order valence-corrected chi connectivity index (χ3v) is 2.21. The second-order valence-electron chi connectivity index (χ2n) is 3.36. The number of nitrogens with zero attached hydrogens (tertiary/aromatic N) is 1. The van der Waals surface area contributed by atoms with Gasteiger partial charge in [0.1, 0.15) is 6.10 Å². The Morgan fingerprint density at radius 3 is 3.00 bits per heavy atom. The van der Waals surface area contributed by atoms with Crippen LogP contribution in [0, 0.1) is 6.92 Å². The predicted octanol–water partition coefficient (Wildman–Crippen LogP) is 1.18. The molecule has 0 radical (unpaired) electrons. The summed E-state index contributed by atoms with van der Waals surface area (Å²) < 4.78 is 10.1. The van der Waals surface area contributed by atoms with Gasteiger partial charge < -0.3 is 14.8 Å². The monoisotopic (exact) mass is 208 g/mol. The van der Waals surface area contributed by atoms with Crippen LogP contribution in [0.2, 0.25) is 0 Å². The SMILES string of the molecule is COc1cc(C2CNC(=O)O2)cc(C)n1. The molecule has 5 heteroatoms. The van der Waals surface area contributed by atoms with E-state index < -0.39 is 0 Å². The van der Waals surface area contributed by atoms with Crippen molar-refractivity contribution in [3.05, 3.63) is 23.4 Å². The van der Waals surface area contributed by atoms with Crippen LogP contribution >= 0.6 is 0 Å². The number of aromatic nitrogens is 1. The number of hydrogen-bond donors (Lipinski definition) is 1. The van der Waals surface area contributed by atoms with Gasteiger partial charge in [-0.2, -0.15) is 0 Å². The minimum Gasteiger partial charge on any atom is -0.481 e. The number of hydrogen-bond acceptors (Lipinski definition) is 4. The lowest BCUT2D eigenvalue weighted by Crippen LogP contribution is -2.12. The number of cyclic esters (lactones) is 1. The van der Waals surface area contributed by atoms with Gasteiger partial charge in [-0.25, -0.2) is 9.78 Å². The van der Waals surface area contributed by atoms with Gasteiger partial charge in [0.25, 0.3) is 0 Å². The Balaban J connectivity index is 2.27. The highest BCUT2D eigenvalue weighted by molar-refractivity contribution is 5.69. The Hall–Kier alpha value is -1.78. The molecule has 0 saturated carbocycles. The van der Waals surface area contributed by atoms with Gasteiger partial charge >= 0.3 is 6.09 Å². The standard InChI is InChI=1S/C10H12N2O3/c1-6-3-7(4-9(12-6)14-2)8-5-11-10(13)15-8/h3-4,8H,5H2,1-2H3,(H,11,13). The van der Waals surface area contributed by atoms with Crippen LogP contribution in [0.25, 0.3) is 0 Å². The molecule has 0 aliphatic carbocycles. The zero-order chi connectivity index (χ0) is 10.8. The molecule has 0 spiro atoms. The van der Waals surface area contributed by atoms with Crippen molar-refractivity contribution in [3.63, 3.8) is 0 Å². The minimum absolute atomic E-state index is 0.243. The van der Waals surface area contributed by atoms with Gasteiger partial charge in [0.15, 0.2) is 0 Å². The molecule has 1 aliphatic rings. The lowest BCUT2D eigenvalue weighted by molar-refractivity contribution is 0.141. The van der Waals surface area contributed by atoms with Gasteiger partial charge in [-0.3, -0.25) is 0 Å². The van der Waals surface area contributed by atoms with Crippen LogP contribution in [0.3, 0.4) is 0 Å². The fourth-order valence-electron chi connectivity index (χ4n) is 1.53. The molecule has 5 nitrogen and oxygen atoms in total. The highest BCUT2D eigenvalue weighted by Gasteiger charge is 2.24. The van der Waals surface area contributed by atoms with E-state index in [4.69, 9.17) is 9.47 Å². The van der Waals surface area contributed by atoms with Crippen molar-refractivity contribution < 1.29 is 14.3 Å². The van der Waals surface area contributed by atoms with Crippen LogP contribution < -0.4 is 10.1 Å². The number of aryl methyl sites for hydroxylation is 1. The number of alkyl carbamates (subject to hydrolysis) is 1. The summed E-state index contributed by atoms with van der Waals surface area (Å²) in [6, 6.07) is 3.66. The van der Waals surface area contributed by atoms with Crippen molar-refractivity contribution in [1.82, 2.24) is 10.3 Å². The Labute approximate surface area is 87.4 Å². The summed E-state index contributed by atoms with van der Waals surface area (Å²) >= 11 is 0. The largest absolute Gasteiger partial charge is 0.481 e. The number of amides is 1. The number of ether oxygens (including phenoxy) is 2. The van der Waals surface area contributed by atoms with E-state index in [-0.39, 0.29) is 12.2 Å². The summed E-state index contributed by atoms with van der Waals surface area (Å²) in [6.45, 7) is 2.36. The van der Waals surface area contributed by atoms with E-state index in [1.54, 1.807) is 13.2 Å². The summed E-state index contributed by atoms with van der Waals surface area (Å²) in [6.07, 6.45) is -0.624. The number of pyridine rings is 1. The Kier molecular flexibility index (Phi) is 2.45. The molecular formula is C10H12N2O3. The van der Waals surface area contributed by atoms with Crippen molar-refractivity contribution in [2.75, 3.05) is 13.7 Å². The van der Waals surface area contributed by atoms with Crippen LogP contribution in [0.1, 0.15) is 17.4 Å². The van der Waals surface area contributed by atoms with E-state index >= 15 is 0 Å². The molecule has 1 N–H and O–H groups in total. The molecule has 2 heterocycles. The lowest BCUT2D eigenvalue weighted by atomic mass is 10.1. The van der Waals surface area contributed by atoms with Crippen molar-refractivity contribution in [3.8, 4) is 5.88 Å². The molecule has 1 unspecified atom stereocenters. The maximum atomic E-state index is 10.9. The van der Waals surface area contributed by atoms with E-state index in [1.807, 2.05) is 13.0 Å². The molecule has 1 aliphatic heterocycles. The van der Waals surface area contributed by atoms with Gasteiger partial charge in [-0.15, -0.1) is 0 Å². The van der Waals surface area contributed by atoms with Crippen LogP contribution in [-0.2, 0) is 4.74 Å². The normalized spacial score (nSPS) is 19.6. The number of carbonyl (C=O) groups is 1. The topological polar surface area (TPSA) is 60.5 Å². The van der Waals surface area contributed by atoms with Gasteiger partial charge in [0.05, 0.1) is 13.7 Å². The highest BCUT2D eigenvalue weighted by atomic mass is 16.6. The molecular weight excluding hydrogens is 196 g/mol. The lowest BCUT2D eigenvalue weighted by Gasteiger charge is -2.10. The molecule has 1 amide bonds. The summed E-state index contributed by atoms with van der Waals surface area (Å²) in [5.41, 5.74) is 1.74. The van der Waals surface area contributed by atoms with E-state index in [0.717, 1.165) is 11.3 Å². The molecule has 80 valence electrons. The molecule has 1 fully saturated rings. The minimum atomic E-state index is -0.381. The number of rotatable bonds is 2. The zero-order valence-corrected chi connectivity index (χ0v) is 8.61. The molecule has 0 bridgehead atoms. The molecule has 1 aromatic rings. The molecule has 15 heavy (non-hydrogen) atoms. The smallest absolute Gasteiger partial charge is 0.407 e. The summed E-state index contributed by atoms with van der Waals surface area (Å²) in [5, 5.41) is 2.60. The molecule has 1 atom stereocenters. The van der Waals surface area contributed by atoms with E-state index in [0.29, 0.717) is 12.4 Å². The summed E-state index contributed by atoms with van der Waals surface area (Å²) in [4.78, 5) is 15.0. The average molecular weight is 208 g/mol. The molecule has 0 aromatic carbocycles. The third-order valence-electron chi connectivity index (χ3n) is 2.21. The van der Waals surface area contributed by atoms with Crippen LogP contribution in [0.5, 0.6) is 5.88 Å². The fourth-order valence-corrected chi connectivity index (χ4v) is 1.53. The third kappa shape index (κ3) is 2.01. The maximum absolute atomic E-state index is 10.9. The molecule has 1 saturated heterocycles. The first-order valence-electron chi connectivity index (χ1n) is 4.66. The molecule has 1 aromatic heterocycles.